The second-order valence-electron chi connectivity index (χ2n) is 6.21. The summed E-state index contributed by atoms with van der Waals surface area (Å²) in [5, 5.41) is 9.33. The van der Waals surface area contributed by atoms with Gasteiger partial charge in [0.2, 0.25) is 0 Å². The van der Waals surface area contributed by atoms with Crippen molar-refractivity contribution in [1.29, 1.82) is 0 Å². The lowest BCUT2D eigenvalue weighted by molar-refractivity contribution is 0.0694. The Hall–Kier alpha value is -2.95. The fourth-order valence-corrected chi connectivity index (χ4v) is 3.29. The summed E-state index contributed by atoms with van der Waals surface area (Å²) in [6.07, 6.45) is 7.25. The van der Waals surface area contributed by atoms with E-state index in [-0.39, 0.29) is 5.56 Å². The minimum absolute atomic E-state index is 0.164. The number of hydrogen-bond acceptors (Lipinski definition) is 3. The Balaban J connectivity index is 2.08. The largest absolute Gasteiger partial charge is 0.477 e. The molecule has 3 heterocycles. The molecular formula is C19H16N2O3. The monoisotopic (exact) mass is 320 g/mol. The van der Waals surface area contributed by atoms with Crippen LogP contribution in [0.2, 0.25) is 0 Å². The Bertz CT molecular complexity index is 1020. The molecule has 5 heteroatoms. The van der Waals surface area contributed by atoms with Crippen molar-refractivity contribution in [2.24, 2.45) is 0 Å². The van der Waals surface area contributed by atoms with Crippen LogP contribution in [0.25, 0.3) is 16.6 Å². The number of pyridine rings is 3. The quantitative estimate of drug-likeness (QED) is 0.804. The average Bonchev–Trinajstić information content (AvgIpc) is 3.41. The lowest BCUT2D eigenvalue weighted by atomic mass is 9.97. The van der Waals surface area contributed by atoms with E-state index in [1.54, 1.807) is 24.7 Å². The molecule has 24 heavy (non-hydrogen) atoms. The second kappa shape index (κ2) is 5.30. The van der Waals surface area contributed by atoms with Crippen molar-refractivity contribution in [1.82, 2.24) is 9.38 Å². The molecule has 0 aromatic carbocycles. The molecule has 1 aliphatic rings. The van der Waals surface area contributed by atoms with Crippen LogP contribution in [0.4, 0.5) is 0 Å². The van der Waals surface area contributed by atoms with E-state index in [1.165, 1.54) is 4.40 Å². The molecule has 0 atom stereocenters. The summed E-state index contributed by atoms with van der Waals surface area (Å²) >= 11 is 0. The van der Waals surface area contributed by atoms with Gasteiger partial charge in [-0.2, -0.15) is 0 Å². The van der Waals surface area contributed by atoms with E-state index in [4.69, 9.17) is 0 Å². The predicted octanol–water partition coefficient (Wildman–Crippen LogP) is 3.25. The van der Waals surface area contributed by atoms with Crippen molar-refractivity contribution < 1.29 is 9.90 Å². The maximum Gasteiger partial charge on any atom is 0.341 e. The first-order chi connectivity index (χ1) is 11.6. The van der Waals surface area contributed by atoms with Gasteiger partial charge in [-0.05, 0) is 60.6 Å². The number of carboxylic acid groups (broad SMARTS) is 1. The lowest BCUT2D eigenvalue weighted by Crippen LogP contribution is -2.23. The molecule has 0 spiro atoms. The Kier molecular flexibility index (Phi) is 3.23. The summed E-state index contributed by atoms with van der Waals surface area (Å²) in [7, 11) is 0. The molecule has 1 saturated carbocycles. The van der Waals surface area contributed by atoms with Crippen LogP contribution in [0.1, 0.15) is 40.2 Å². The number of carbonyl (C=O) groups is 1. The molecule has 0 bridgehead atoms. The number of fused-ring (bicyclic) bond motifs is 1. The van der Waals surface area contributed by atoms with E-state index in [9.17, 15) is 14.7 Å². The maximum absolute atomic E-state index is 12.5. The van der Waals surface area contributed by atoms with Crippen LogP contribution in [0.15, 0.2) is 47.7 Å². The molecule has 1 fully saturated rings. The number of nitrogens with zero attached hydrogens (tertiary/aromatic N) is 2. The number of aromatic nitrogens is 2. The summed E-state index contributed by atoms with van der Waals surface area (Å²) < 4.78 is 1.48. The molecular weight excluding hydrogens is 304 g/mol. The van der Waals surface area contributed by atoms with Gasteiger partial charge in [0, 0.05) is 24.2 Å². The summed E-state index contributed by atoms with van der Waals surface area (Å²) in [5.74, 6) is -0.841. The molecule has 120 valence electrons. The van der Waals surface area contributed by atoms with Crippen molar-refractivity contribution >= 4 is 11.5 Å². The van der Waals surface area contributed by atoms with Gasteiger partial charge in [0.25, 0.3) is 5.56 Å². The van der Waals surface area contributed by atoms with Crippen LogP contribution in [-0.2, 0) is 0 Å². The Morgan fingerprint density at radius 1 is 1.33 bits per heavy atom. The van der Waals surface area contributed by atoms with Gasteiger partial charge in [0.05, 0.1) is 5.52 Å². The van der Waals surface area contributed by atoms with Gasteiger partial charge >= 0.3 is 5.97 Å². The van der Waals surface area contributed by atoms with E-state index >= 15 is 0 Å². The molecule has 4 rings (SSSR count). The van der Waals surface area contributed by atoms with Gasteiger partial charge in [-0.3, -0.25) is 14.2 Å². The fraction of sp³-hybridized carbons (Fsp3) is 0.211. The molecule has 0 amide bonds. The van der Waals surface area contributed by atoms with Crippen molar-refractivity contribution in [2.45, 2.75) is 25.7 Å². The van der Waals surface area contributed by atoms with E-state index in [0.717, 1.165) is 40.6 Å². The van der Waals surface area contributed by atoms with Crippen molar-refractivity contribution in [3.05, 3.63) is 69.9 Å². The summed E-state index contributed by atoms with van der Waals surface area (Å²) in [4.78, 5) is 28.1. The normalized spacial score (nSPS) is 14.0. The van der Waals surface area contributed by atoms with Gasteiger partial charge in [-0.25, -0.2) is 4.79 Å². The van der Waals surface area contributed by atoms with Crippen LogP contribution in [0, 0.1) is 6.92 Å². The van der Waals surface area contributed by atoms with Crippen molar-refractivity contribution in [3.8, 4) is 11.1 Å². The zero-order chi connectivity index (χ0) is 16.8. The maximum atomic E-state index is 12.5. The van der Waals surface area contributed by atoms with Gasteiger partial charge in [-0.1, -0.05) is 6.07 Å². The second-order valence-corrected chi connectivity index (χ2v) is 6.21. The topological polar surface area (TPSA) is 71.7 Å². The number of hydrogen-bond donors (Lipinski definition) is 1. The SMILES string of the molecule is Cc1c(-c2cccnc2)ccn2c(=O)c(C(=O)O)cc(C3CC3)c12. The highest BCUT2D eigenvalue weighted by Gasteiger charge is 2.29. The van der Waals surface area contributed by atoms with Gasteiger partial charge in [0.1, 0.15) is 5.56 Å². The summed E-state index contributed by atoms with van der Waals surface area (Å²) in [6, 6.07) is 7.27. The van der Waals surface area contributed by atoms with Crippen molar-refractivity contribution in [2.75, 3.05) is 0 Å². The van der Waals surface area contributed by atoms with Crippen LogP contribution in [0.5, 0.6) is 0 Å². The molecule has 3 aromatic rings. The van der Waals surface area contributed by atoms with Crippen LogP contribution < -0.4 is 5.56 Å². The Labute approximate surface area is 138 Å². The zero-order valence-electron chi connectivity index (χ0n) is 13.2. The third kappa shape index (κ3) is 2.21. The zero-order valence-corrected chi connectivity index (χ0v) is 13.2. The highest BCUT2D eigenvalue weighted by Crippen LogP contribution is 2.43. The average molecular weight is 320 g/mol. The molecule has 1 aliphatic carbocycles. The number of aryl methyl sites for hydroxylation is 1. The number of rotatable bonds is 3. The van der Waals surface area contributed by atoms with Crippen LogP contribution in [0.3, 0.4) is 0 Å². The molecule has 0 unspecified atom stereocenters. The lowest BCUT2D eigenvalue weighted by Gasteiger charge is -2.15. The third-order valence-electron chi connectivity index (χ3n) is 4.63. The summed E-state index contributed by atoms with van der Waals surface area (Å²) in [6.45, 7) is 1.98. The molecule has 0 aliphatic heterocycles. The van der Waals surface area contributed by atoms with E-state index in [0.29, 0.717) is 5.92 Å². The summed E-state index contributed by atoms with van der Waals surface area (Å²) in [5.41, 5.74) is 4.10. The third-order valence-corrected chi connectivity index (χ3v) is 4.63. The minimum atomic E-state index is -1.18. The molecule has 3 aromatic heterocycles. The predicted molar refractivity (Wildman–Crippen MR) is 90.6 cm³/mol. The fourth-order valence-electron chi connectivity index (χ4n) is 3.29. The first-order valence-electron chi connectivity index (χ1n) is 7.90. The first kappa shape index (κ1) is 14.6. The molecule has 1 N–H and O–H groups in total. The van der Waals surface area contributed by atoms with Gasteiger partial charge in [0.15, 0.2) is 0 Å². The van der Waals surface area contributed by atoms with E-state index < -0.39 is 11.5 Å². The Morgan fingerprint density at radius 3 is 2.75 bits per heavy atom. The minimum Gasteiger partial charge on any atom is -0.477 e. The number of carboxylic acids is 1. The molecule has 0 radical (unpaired) electrons. The molecule has 5 nitrogen and oxygen atoms in total. The van der Waals surface area contributed by atoms with Crippen molar-refractivity contribution in [3.63, 3.8) is 0 Å². The smallest absolute Gasteiger partial charge is 0.341 e. The van der Waals surface area contributed by atoms with E-state index in [2.05, 4.69) is 4.98 Å². The molecule has 0 saturated heterocycles. The van der Waals surface area contributed by atoms with Crippen LogP contribution in [-0.4, -0.2) is 20.5 Å². The highest BCUT2D eigenvalue weighted by atomic mass is 16.4. The first-order valence-corrected chi connectivity index (χ1v) is 7.90. The van der Waals surface area contributed by atoms with Gasteiger partial charge < -0.3 is 5.11 Å². The van der Waals surface area contributed by atoms with E-state index in [1.807, 2.05) is 25.1 Å². The van der Waals surface area contributed by atoms with Gasteiger partial charge in [-0.15, -0.1) is 0 Å². The van der Waals surface area contributed by atoms with Crippen LogP contribution >= 0.6 is 0 Å². The highest BCUT2D eigenvalue weighted by molar-refractivity contribution is 5.89. The standard InChI is InChI=1S/C19H16N2O3/c1-11-14(13-3-2-7-20-10-13)6-8-21-17(11)15(12-4-5-12)9-16(18(21)22)19(23)24/h2-3,6-10,12H,4-5H2,1H3,(H,23,24). The Morgan fingerprint density at radius 2 is 2.12 bits per heavy atom. The number of aromatic carboxylic acids is 1.